The van der Waals surface area contributed by atoms with E-state index in [2.05, 4.69) is 5.32 Å². The fourth-order valence-electron chi connectivity index (χ4n) is 2.69. The van der Waals surface area contributed by atoms with Crippen molar-refractivity contribution in [3.8, 4) is 0 Å². The van der Waals surface area contributed by atoms with E-state index >= 15 is 0 Å². The molecule has 0 aliphatic carbocycles. The molecule has 0 aliphatic rings. The Hall–Kier alpha value is -2.52. The van der Waals surface area contributed by atoms with E-state index in [1.54, 1.807) is 0 Å². The number of rotatable bonds is 5. The number of amides is 1. The highest BCUT2D eigenvalue weighted by Crippen LogP contribution is 2.25. The predicted octanol–water partition coefficient (Wildman–Crippen LogP) is 4.87. The van der Waals surface area contributed by atoms with Crippen LogP contribution in [0.15, 0.2) is 73.1 Å². The second kappa shape index (κ2) is 7.37. The SMILES string of the molecule is Cc1c(Cl)cccc1NC(=O)C(Cc1ccccc1)n1cccc1. The highest BCUT2D eigenvalue weighted by Gasteiger charge is 2.21. The molecule has 0 fully saturated rings. The van der Waals surface area contributed by atoms with Gasteiger partial charge in [0.1, 0.15) is 6.04 Å². The first-order valence-electron chi connectivity index (χ1n) is 7.87. The Labute approximate surface area is 146 Å². The van der Waals surface area contributed by atoms with E-state index < -0.39 is 0 Å². The van der Waals surface area contributed by atoms with Gasteiger partial charge >= 0.3 is 0 Å². The number of nitrogens with zero attached hydrogens (tertiary/aromatic N) is 1. The summed E-state index contributed by atoms with van der Waals surface area (Å²) in [7, 11) is 0. The zero-order chi connectivity index (χ0) is 16.9. The topological polar surface area (TPSA) is 34.0 Å². The average molecular weight is 339 g/mol. The molecule has 4 heteroatoms. The second-order valence-electron chi connectivity index (χ2n) is 5.74. The largest absolute Gasteiger partial charge is 0.342 e. The van der Waals surface area contributed by atoms with E-state index in [4.69, 9.17) is 11.6 Å². The van der Waals surface area contributed by atoms with Crippen molar-refractivity contribution < 1.29 is 4.79 Å². The predicted molar refractivity (Wildman–Crippen MR) is 98.4 cm³/mol. The van der Waals surface area contributed by atoms with E-state index in [1.165, 1.54) is 0 Å². The van der Waals surface area contributed by atoms with Gasteiger partial charge in [-0.3, -0.25) is 4.79 Å². The van der Waals surface area contributed by atoms with Gasteiger partial charge in [0.05, 0.1) is 0 Å². The molecule has 1 N–H and O–H groups in total. The number of carbonyl (C=O) groups excluding carboxylic acids is 1. The van der Waals surface area contributed by atoms with Gasteiger partial charge in [0, 0.05) is 29.5 Å². The minimum absolute atomic E-state index is 0.0552. The lowest BCUT2D eigenvalue weighted by atomic mass is 10.0. The summed E-state index contributed by atoms with van der Waals surface area (Å²) in [6.45, 7) is 1.90. The summed E-state index contributed by atoms with van der Waals surface area (Å²) in [4.78, 5) is 12.9. The van der Waals surface area contributed by atoms with Gasteiger partial charge in [0.2, 0.25) is 5.91 Å². The Morgan fingerprint density at radius 1 is 1.04 bits per heavy atom. The van der Waals surface area contributed by atoms with Gasteiger partial charge < -0.3 is 9.88 Å². The normalized spacial score (nSPS) is 11.9. The van der Waals surface area contributed by atoms with Crippen molar-refractivity contribution in [1.29, 1.82) is 0 Å². The number of benzene rings is 2. The third-order valence-corrected chi connectivity index (χ3v) is 4.50. The van der Waals surface area contributed by atoms with Crippen LogP contribution in [0.2, 0.25) is 5.02 Å². The second-order valence-corrected chi connectivity index (χ2v) is 6.14. The minimum Gasteiger partial charge on any atom is -0.342 e. The molecule has 122 valence electrons. The maximum Gasteiger partial charge on any atom is 0.247 e. The third-order valence-electron chi connectivity index (χ3n) is 4.09. The van der Waals surface area contributed by atoms with Crippen LogP contribution in [0.4, 0.5) is 5.69 Å². The summed E-state index contributed by atoms with van der Waals surface area (Å²) in [6.07, 6.45) is 4.46. The molecular formula is C20H19ClN2O. The summed E-state index contributed by atoms with van der Waals surface area (Å²) in [5, 5.41) is 3.66. The first kappa shape index (κ1) is 16.3. The van der Waals surface area contributed by atoms with Crippen molar-refractivity contribution in [1.82, 2.24) is 4.57 Å². The van der Waals surface area contributed by atoms with Gasteiger partial charge in [-0.15, -0.1) is 0 Å². The van der Waals surface area contributed by atoms with Crippen LogP contribution in [0.3, 0.4) is 0 Å². The van der Waals surface area contributed by atoms with Crippen LogP contribution < -0.4 is 5.32 Å². The van der Waals surface area contributed by atoms with Crippen molar-refractivity contribution in [2.24, 2.45) is 0 Å². The molecule has 0 aliphatic heterocycles. The molecule has 1 heterocycles. The minimum atomic E-state index is -0.319. The number of carbonyl (C=O) groups is 1. The fraction of sp³-hybridized carbons (Fsp3) is 0.150. The Kier molecular flexibility index (Phi) is 5.02. The van der Waals surface area contributed by atoms with Crippen LogP contribution in [0.25, 0.3) is 0 Å². The van der Waals surface area contributed by atoms with Crippen molar-refractivity contribution in [2.45, 2.75) is 19.4 Å². The van der Waals surface area contributed by atoms with E-state index in [1.807, 2.05) is 84.5 Å². The Morgan fingerprint density at radius 3 is 2.46 bits per heavy atom. The molecule has 1 amide bonds. The van der Waals surface area contributed by atoms with Crippen LogP contribution >= 0.6 is 11.6 Å². The molecule has 24 heavy (non-hydrogen) atoms. The molecule has 0 bridgehead atoms. The van der Waals surface area contributed by atoms with Crippen molar-refractivity contribution >= 4 is 23.2 Å². The lowest BCUT2D eigenvalue weighted by Gasteiger charge is -2.20. The first-order valence-corrected chi connectivity index (χ1v) is 8.25. The fourth-order valence-corrected chi connectivity index (χ4v) is 2.86. The molecule has 3 nitrogen and oxygen atoms in total. The highest BCUT2D eigenvalue weighted by molar-refractivity contribution is 6.31. The molecule has 0 spiro atoms. The van der Waals surface area contributed by atoms with Gasteiger partial charge in [-0.1, -0.05) is 48.0 Å². The quantitative estimate of drug-likeness (QED) is 0.707. The van der Waals surface area contributed by atoms with Gasteiger partial charge in [-0.25, -0.2) is 0 Å². The summed E-state index contributed by atoms with van der Waals surface area (Å²) in [5.74, 6) is -0.0552. The summed E-state index contributed by atoms with van der Waals surface area (Å²) in [6, 6.07) is 19.1. The van der Waals surface area contributed by atoms with E-state index in [0.29, 0.717) is 11.4 Å². The van der Waals surface area contributed by atoms with Crippen LogP contribution in [-0.2, 0) is 11.2 Å². The number of nitrogens with one attached hydrogen (secondary N) is 1. The first-order chi connectivity index (χ1) is 11.6. The molecule has 0 saturated carbocycles. The standard InChI is InChI=1S/C20H19ClN2O/c1-15-17(21)10-7-11-18(15)22-20(24)19(23-12-5-6-13-23)14-16-8-3-2-4-9-16/h2-13,19H,14H2,1H3,(H,22,24). The average Bonchev–Trinajstić information content (AvgIpc) is 3.12. The summed E-state index contributed by atoms with van der Waals surface area (Å²) in [5.41, 5.74) is 2.74. The number of halogens is 1. The molecule has 3 aromatic rings. The third kappa shape index (κ3) is 3.69. The molecule has 1 unspecified atom stereocenters. The summed E-state index contributed by atoms with van der Waals surface area (Å²) < 4.78 is 1.93. The molecule has 0 radical (unpaired) electrons. The van der Waals surface area contributed by atoms with E-state index in [0.717, 1.165) is 16.8 Å². The smallest absolute Gasteiger partial charge is 0.247 e. The van der Waals surface area contributed by atoms with Crippen molar-refractivity contribution in [3.63, 3.8) is 0 Å². The lowest BCUT2D eigenvalue weighted by molar-refractivity contribution is -0.119. The van der Waals surface area contributed by atoms with Gasteiger partial charge in [-0.2, -0.15) is 0 Å². The van der Waals surface area contributed by atoms with Crippen molar-refractivity contribution in [3.05, 3.63) is 89.2 Å². The highest BCUT2D eigenvalue weighted by atomic mass is 35.5. The number of anilines is 1. The Morgan fingerprint density at radius 2 is 1.75 bits per heavy atom. The van der Waals surface area contributed by atoms with Gasteiger partial charge in [-0.05, 0) is 42.3 Å². The van der Waals surface area contributed by atoms with Crippen LogP contribution in [0.1, 0.15) is 17.2 Å². The maximum absolute atomic E-state index is 12.9. The molecule has 1 atom stereocenters. The monoisotopic (exact) mass is 338 g/mol. The van der Waals surface area contributed by atoms with E-state index in [9.17, 15) is 4.79 Å². The van der Waals surface area contributed by atoms with Gasteiger partial charge in [0.15, 0.2) is 0 Å². The van der Waals surface area contributed by atoms with Gasteiger partial charge in [0.25, 0.3) is 0 Å². The summed E-state index contributed by atoms with van der Waals surface area (Å²) >= 11 is 6.15. The molecular weight excluding hydrogens is 320 g/mol. The molecule has 3 rings (SSSR count). The maximum atomic E-state index is 12.9. The lowest BCUT2D eigenvalue weighted by Crippen LogP contribution is -2.27. The van der Waals surface area contributed by atoms with E-state index in [-0.39, 0.29) is 11.9 Å². The molecule has 2 aromatic carbocycles. The number of hydrogen-bond donors (Lipinski definition) is 1. The number of aromatic nitrogens is 1. The van der Waals surface area contributed by atoms with Crippen LogP contribution in [0.5, 0.6) is 0 Å². The molecule has 0 saturated heterocycles. The zero-order valence-corrected chi connectivity index (χ0v) is 14.2. The Balaban J connectivity index is 1.85. The van der Waals surface area contributed by atoms with Crippen molar-refractivity contribution in [2.75, 3.05) is 5.32 Å². The number of hydrogen-bond acceptors (Lipinski definition) is 1. The molecule has 1 aromatic heterocycles. The van der Waals surface area contributed by atoms with Crippen LogP contribution in [0, 0.1) is 6.92 Å². The zero-order valence-electron chi connectivity index (χ0n) is 13.4. The Bertz CT molecular complexity index is 813. The van der Waals surface area contributed by atoms with Crippen LogP contribution in [-0.4, -0.2) is 10.5 Å².